The molecule has 2 aliphatic rings. The molecule has 146 valence electrons. The average Bonchev–Trinajstić information content (AvgIpc) is 3.20. The zero-order valence-corrected chi connectivity index (χ0v) is 16.2. The molecule has 2 heterocycles. The van der Waals surface area contributed by atoms with E-state index in [9.17, 15) is 9.59 Å². The van der Waals surface area contributed by atoms with Crippen molar-refractivity contribution < 1.29 is 4.79 Å². The first-order valence-electron chi connectivity index (χ1n) is 10.1. The summed E-state index contributed by atoms with van der Waals surface area (Å²) in [5, 5.41) is 4.90. The monoisotopic (exact) mass is 385 g/mol. The van der Waals surface area contributed by atoms with Crippen LogP contribution in [0.2, 0.25) is 0 Å². The summed E-state index contributed by atoms with van der Waals surface area (Å²) in [4.78, 5) is 29.5. The molecule has 2 aromatic carbocycles. The van der Waals surface area contributed by atoms with Gasteiger partial charge in [-0.25, -0.2) is 4.79 Å². The third kappa shape index (κ3) is 3.33. The molecular formula is C24H23N3O2. The minimum absolute atomic E-state index is 0.0116. The fraction of sp³-hybridized carbons (Fsp3) is 0.250. The summed E-state index contributed by atoms with van der Waals surface area (Å²) in [5.74, 6) is 0. The molecule has 0 saturated carbocycles. The second kappa shape index (κ2) is 7.24. The summed E-state index contributed by atoms with van der Waals surface area (Å²) < 4.78 is 0. The highest BCUT2D eigenvalue weighted by atomic mass is 16.2. The Bertz CT molecular complexity index is 1150. The lowest BCUT2D eigenvalue weighted by Crippen LogP contribution is -2.43. The van der Waals surface area contributed by atoms with Crippen molar-refractivity contribution in [3.8, 4) is 0 Å². The minimum atomic E-state index is -0.0579. The number of urea groups is 1. The van der Waals surface area contributed by atoms with E-state index in [2.05, 4.69) is 28.5 Å². The van der Waals surface area contributed by atoms with E-state index < -0.39 is 0 Å². The van der Waals surface area contributed by atoms with Crippen molar-refractivity contribution in [1.82, 2.24) is 15.2 Å². The lowest BCUT2D eigenvalue weighted by Gasteiger charge is -2.26. The maximum Gasteiger partial charge on any atom is 0.318 e. The Kier molecular flexibility index (Phi) is 4.43. The van der Waals surface area contributed by atoms with E-state index in [0.29, 0.717) is 13.1 Å². The van der Waals surface area contributed by atoms with Crippen molar-refractivity contribution in [2.24, 2.45) is 0 Å². The van der Waals surface area contributed by atoms with Gasteiger partial charge < -0.3 is 15.2 Å². The third-order valence-corrected chi connectivity index (χ3v) is 6.02. The van der Waals surface area contributed by atoms with Crippen LogP contribution in [0.15, 0.2) is 65.6 Å². The van der Waals surface area contributed by atoms with Gasteiger partial charge in [0.05, 0.1) is 0 Å². The van der Waals surface area contributed by atoms with E-state index in [1.807, 2.05) is 47.5 Å². The molecule has 29 heavy (non-hydrogen) atoms. The fourth-order valence-electron chi connectivity index (χ4n) is 4.43. The molecule has 1 atom stereocenters. The molecule has 5 rings (SSSR count). The zero-order valence-electron chi connectivity index (χ0n) is 16.2. The average molecular weight is 385 g/mol. The van der Waals surface area contributed by atoms with E-state index >= 15 is 0 Å². The molecule has 0 spiro atoms. The van der Waals surface area contributed by atoms with Crippen LogP contribution in [0.1, 0.15) is 36.0 Å². The van der Waals surface area contributed by atoms with Gasteiger partial charge >= 0.3 is 6.03 Å². The van der Waals surface area contributed by atoms with Gasteiger partial charge in [0.1, 0.15) is 0 Å². The van der Waals surface area contributed by atoms with Gasteiger partial charge in [-0.1, -0.05) is 48.5 Å². The van der Waals surface area contributed by atoms with Crippen LogP contribution >= 0.6 is 0 Å². The number of hydrogen-bond donors (Lipinski definition) is 2. The second-order valence-electron chi connectivity index (χ2n) is 7.85. The van der Waals surface area contributed by atoms with E-state index in [-0.39, 0.29) is 17.6 Å². The van der Waals surface area contributed by atoms with E-state index in [0.717, 1.165) is 35.6 Å². The van der Waals surface area contributed by atoms with Crippen LogP contribution in [0.4, 0.5) is 4.79 Å². The van der Waals surface area contributed by atoms with Crippen molar-refractivity contribution in [3.63, 3.8) is 0 Å². The highest BCUT2D eigenvalue weighted by Gasteiger charge is 2.25. The number of nitrogens with one attached hydrogen (secondary N) is 2. The van der Waals surface area contributed by atoms with E-state index in [4.69, 9.17) is 0 Å². The Balaban J connectivity index is 1.28. The first-order chi connectivity index (χ1) is 14.2. The molecule has 0 saturated heterocycles. The van der Waals surface area contributed by atoms with Crippen molar-refractivity contribution in [3.05, 3.63) is 87.8 Å². The van der Waals surface area contributed by atoms with Gasteiger partial charge in [-0.3, -0.25) is 4.79 Å². The molecule has 5 heteroatoms. The summed E-state index contributed by atoms with van der Waals surface area (Å²) in [6.45, 7) is 1.36. The molecule has 0 fully saturated rings. The lowest BCUT2D eigenvalue weighted by molar-refractivity contribution is 0.193. The standard InChI is InChI=1S/C24H23N3O2/c28-23-21-8-4-3-7-20(21)22(13-25-23)16-9-11-19(12-10-16)26-24(29)27-14-17-5-1-2-6-18(17)15-27/h1-9,13,19H,10-12,14-15H2,(H,25,28)(H,26,29). The molecule has 1 aliphatic carbocycles. The highest BCUT2D eigenvalue weighted by molar-refractivity contribution is 5.93. The molecule has 0 bridgehead atoms. The number of benzene rings is 2. The molecule has 1 aliphatic heterocycles. The predicted molar refractivity (Wildman–Crippen MR) is 114 cm³/mol. The number of H-pyrrole nitrogens is 1. The van der Waals surface area contributed by atoms with Crippen molar-refractivity contribution in [2.45, 2.75) is 38.4 Å². The molecule has 1 aromatic heterocycles. The number of pyridine rings is 1. The first-order valence-corrected chi connectivity index (χ1v) is 10.1. The fourth-order valence-corrected chi connectivity index (χ4v) is 4.43. The summed E-state index contributed by atoms with van der Waals surface area (Å²) in [5.41, 5.74) is 4.73. The first kappa shape index (κ1) is 17.7. The number of amides is 2. The number of carbonyl (C=O) groups excluding carboxylic acids is 1. The summed E-state index contributed by atoms with van der Waals surface area (Å²) in [6, 6.07) is 16.1. The van der Waals surface area contributed by atoms with Crippen LogP contribution in [0, 0.1) is 0 Å². The smallest absolute Gasteiger partial charge is 0.318 e. The molecule has 2 N–H and O–H groups in total. The quantitative estimate of drug-likeness (QED) is 0.695. The van der Waals surface area contributed by atoms with E-state index in [1.165, 1.54) is 16.7 Å². The third-order valence-electron chi connectivity index (χ3n) is 6.02. The molecule has 2 amide bonds. The van der Waals surface area contributed by atoms with E-state index in [1.54, 1.807) is 0 Å². The molecule has 5 nitrogen and oxygen atoms in total. The van der Waals surface area contributed by atoms with Crippen LogP contribution in [0.5, 0.6) is 0 Å². The summed E-state index contributed by atoms with van der Waals surface area (Å²) in [7, 11) is 0. The number of aromatic nitrogens is 1. The van der Waals surface area contributed by atoms with Gasteiger partial charge in [-0.2, -0.15) is 0 Å². The Morgan fingerprint density at radius 1 is 1.00 bits per heavy atom. The van der Waals surface area contributed by atoms with Crippen LogP contribution in [-0.4, -0.2) is 22.0 Å². The van der Waals surface area contributed by atoms with Crippen molar-refractivity contribution >= 4 is 22.4 Å². The van der Waals surface area contributed by atoms with Crippen molar-refractivity contribution in [1.29, 1.82) is 0 Å². The van der Waals surface area contributed by atoms with Crippen LogP contribution < -0.4 is 10.9 Å². The summed E-state index contributed by atoms with van der Waals surface area (Å²) >= 11 is 0. The SMILES string of the molecule is O=C(NC1CC=C(c2c[nH]c(=O)c3ccccc23)CC1)N1Cc2ccccc2C1. The van der Waals surface area contributed by atoms with Gasteiger partial charge in [0.2, 0.25) is 0 Å². The highest BCUT2D eigenvalue weighted by Crippen LogP contribution is 2.31. The largest absolute Gasteiger partial charge is 0.335 e. The Hall–Kier alpha value is -3.34. The number of fused-ring (bicyclic) bond motifs is 2. The maximum absolute atomic E-state index is 12.7. The summed E-state index contributed by atoms with van der Waals surface area (Å²) in [6.07, 6.45) is 6.59. The molecular weight excluding hydrogens is 362 g/mol. The van der Waals surface area contributed by atoms with Gasteiger partial charge in [0, 0.05) is 36.3 Å². The van der Waals surface area contributed by atoms with Crippen LogP contribution in [0.3, 0.4) is 0 Å². The van der Waals surface area contributed by atoms with Gasteiger partial charge in [-0.15, -0.1) is 0 Å². The molecule has 1 unspecified atom stereocenters. The van der Waals surface area contributed by atoms with Gasteiger partial charge in [0.15, 0.2) is 0 Å². The normalized spacial score (nSPS) is 18.4. The topological polar surface area (TPSA) is 65.2 Å². The Labute approximate surface area is 169 Å². The van der Waals surface area contributed by atoms with Crippen molar-refractivity contribution in [2.75, 3.05) is 0 Å². The van der Waals surface area contributed by atoms with Gasteiger partial charge in [-0.05, 0) is 47.4 Å². The zero-order chi connectivity index (χ0) is 19.8. The number of nitrogens with zero attached hydrogens (tertiary/aromatic N) is 1. The molecule has 3 aromatic rings. The number of carbonyl (C=O) groups is 1. The second-order valence-corrected chi connectivity index (χ2v) is 7.85. The minimum Gasteiger partial charge on any atom is -0.335 e. The number of allylic oxidation sites excluding steroid dienone is 1. The van der Waals surface area contributed by atoms with Gasteiger partial charge in [0.25, 0.3) is 5.56 Å². The van der Waals surface area contributed by atoms with Crippen LogP contribution in [-0.2, 0) is 13.1 Å². The molecule has 0 radical (unpaired) electrons. The predicted octanol–water partition coefficient (Wildman–Crippen LogP) is 4.19. The Morgan fingerprint density at radius 2 is 1.69 bits per heavy atom. The Morgan fingerprint density at radius 3 is 2.38 bits per heavy atom. The number of aromatic amines is 1. The number of hydrogen-bond acceptors (Lipinski definition) is 2. The maximum atomic E-state index is 12.7. The van der Waals surface area contributed by atoms with Crippen LogP contribution in [0.25, 0.3) is 16.3 Å². The number of rotatable bonds is 2. The lowest BCUT2D eigenvalue weighted by atomic mass is 9.89.